The Morgan fingerprint density at radius 2 is 1.67 bits per heavy atom. The van der Waals surface area contributed by atoms with Gasteiger partial charge < -0.3 is 14.8 Å². The molecule has 9 rings (SSSR count). The Morgan fingerprint density at radius 3 is 2.43 bits per heavy atom. The lowest BCUT2D eigenvalue weighted by Gasteiger charge is -2.72. The molecule has 0 aliphatic heterocycles. The number of H-pyrrole nitrogens is 1. The van der Waals surface area contributed by atoms with Crippen LogP contribution in [0, 0.1) is 56.7 Å². The van der Waals surface area contributed by atoms with E-state index in [1.54, 1.807) is 0 Å². The van der Waals surface area contributed by atoms with Crippen LogP contribution in [-0.4, -0.2) is 54.5 Å². The first-order chi connectivity index (χ1) is 27.7. The van der Waals surface area contributed by atoms with E-state index in [-0.39, 0.29) is 39.1 Å². The number of nitrogens with one attached hydrogen (secondary N) is 2. The monoisotopic (exact) mass is 785 g/mol. The van der Waals surface area contributed by atoms with Crippen LogP contribution < -0.4 is 5.32 Å². The van der Waals surface area contributed by atoms with E-state index in [9.17, 15) is 9.90 Å². The molecule has 0 saturated heterocycles. The summed E-state index contributed by atoms with van der Waals surface area (Å²) in [7, 11) is 0. The molecule has 5 aliphatic rings. The first-order valence-electron chi connectivity index (χ1n) is 22.1. The van der Waals surface area contributed by atoms with Crippen LogP contribution in [0.4, 0.5) is 0 Å². The van der Waals surface area contributed by atoms with E-state index in [4.69, 9.17) is 4.42 Å². The van der Waals surface area contributed by atoms with Gasteiger partial charge in [0.05, 0.1) is 17.9 Å². The van der Waals surface area contributed by atoms with Gasteiger partial charge in [-0.25, -0.2) is 0 Å². The molecule has 308 valence electrons. The third-order valence-electron chi connectivity index (χ3n) is 17.8. The number of carbonyl (C=O) groups is 1. The Hall–Kier alpha value is -4.18. The molecule has 4 aromatic rings. The summed E-state index contributed by atoms with van der Waals surface area (Å²) in [5.74, 6) is 4.27. The second-order valence-corrected chi connectivity index (χ2v) is 20.5. The molecule has 2 heterocycles. The summed E-state index contributed by atoms with van der Waals surface area (Å²) in [6, 6.07) is 16.2. The molecule has 3 N–H and O–H groups in total. The van der Waals surface area contributed by atoms with Crippen LogP contribution in [0.2, 0.25) is 0 Å². The smallest absolute Gasteiger partial charge is 0.247 e. The maximum Gasteiger partial charge on any atom is 0.247 e. The van der Waals surface area contributed by atoms with Gasteiger partial charge in [-0.3, -0.25) is 4.79 Å². The fraction of sp³-hybridized carbons (Fsp3) is 0.625. The van der Waals surface area contributed by atoms with Crippen LogP contribution in [0.25, 0.3) is 22.8 Å². The quantitative estimate of drug-likeness (QED) is 0.143. The third-order valence-corrected chi connectivity index (χ3v) is 17.8. The van der Waals surface area contributed by atoms with E-state index >= 15 is 0 Å². The van der Waals surface area contributed by atoms with Crippen molar-refractivity contribution in [3.8, 4) is 22.8 Å². The molecule has 10 atom stereocenters. The lowest BCUT2D eigenvalue weighted by molar-refractivity contribution is -0.246. The van der Waals surface area contributed by atoms with Crippen molar-refractivity contribution in [2.45, 2.75) is 125 Å². The Kier molecular flexibility index (Phi) is 9.64. The highest BCUT2D eigenvalue weighted by atomic mass is 16.4. The van der Waals surface area contributed by atoms with Gasteiger partial charge in [0.1, 0.15) is 0 Å². The van der Waals surface area contributed by atoms with E-state index in [1.165, 1.54) is 31.3 Å². The van der Waals surface area contributed by atoms with Gasteiger partial charge in [-0.05, 0) is 157 Å². The Morgan fingerprint density at radius 1 is 0.862 bits per heavy atom. The van der Waals surface area contributed by atoms with Gasteiger partial charge in [-0.1, -0.05) is 83.2 Å². The largest absolute Gasteiger partial charge is 0.420 e. The number of amides is 1. The zero-order chi connectivity index (χ0) is 40.7. The predicted molar refractivity (Wildman–Crippen MR) is 224 cm³/mol. The summed E-state index contributed by atoms with van der Waals surface area (Å²) in [6.07, 6.45) is 12.0. The maximum absolute atomic E-state index is 14.8. The minimum absolute atomic E-state index is 0.0484. The molecule has 1 amide bonds. The standard InChI is InChI=1S/C48H63N7O3/c1-29(2)34-17-23-48(25-24-46(6)35(40(34)48)15-16-37-45(5)21-19-38(56)44(3,4)36(45)18-22-47(37,46)7)43(57)49-26-20-30-9-8-10-33(27-30)42-53-50-39(58-42)28-31-11-13-32(14-12-31)41-51-54-55-52-41/h8-14,27,34-38,40,56H,1,15-26,28H2,2-7H3,(H,49,57)(H,51,52,54,55)/t34-,35?,36?,37?,38-,40?,45-,46+,47+,48-/m0/s1. The van der Waals surface area contributed by atoms with Crippen molar-refractivity contribution in [2.24, 2.45) is 56.7 Å². The molecule has 4 unspecified atom stereocenters. The number of fused-ring (bicyclic) bond motifs is 7. The van der Waals surface area contributed by atoms with Gasteiger partial charge in [0.2, 0.25) is 23.5 Å². The minimum Gasteiger partial charge on any atom is -0.420 e. The van der Waals surface area contributed by atoms with Gasteiger partial charge in [0.25, 0.3) is 0 Å². The Bertz CT molecular complexity index is 2160. The molecular weight excluding hydrogens is 723 g/mol. The number of aromatic nitrogens is 6. The van der Waals surface area contributed by atoms with Gasteiger partial charge >= 0.3 is 0 Å². The van der Waals surface area contributed by atoms with Gasteiger partial charge in [0, 0.05) is 17.7 Å². The summed E-state index contributed by atoms with van der Waals surface area (Å²) in [5.41, 5.74) is 5.43. The zero-order valence-electron chi connectivity index (χ0n) is 35.5. The molecule has 2 aromatic carbocycles. The highest BCUT2D eigenvalue weighted by molar-refractivity contribution is 5.84. The van der Waals surface area contributed by atoms with Gasteiger partial charge in [-0.2, -0.15) is 5.21 Å². The summed E-state index contributed by atoms with van der Waals surface area (Å²) >= 11 is 0. The number of hydrogen-bond donors (Lipinski definition) is 3. The summed E-state index contributed by atoms with van der Waals surface area (Å²) in [4.78, 5) is 14.8. The van der Waals surface area contributed by atoms with Crippen LogP contribution in [-0.2, 0) is 17.6 Å². The van der Waals surface area contributed by atoms with Crippen molar-refractivity contribution in [1.82, 2.24) is 36.1 Å². The second-order valence-electron chi connectivity index (χ2n) is 20.5. The average molecular weight is 786 g/mol. The van der Waals surface area contributed by atoms with E-state index in [1.807, 2.05) is 36.4 Å². The topological polar surface area (TPSA) is 143 Å². The van der Waals surface area contributed by atoms with Crippen molar-refractivity contribution in [3.05, 3.63) is 77.7 Å². The molecule has 5 aliphatic carbocycles. The molecule has 0 spiro atoms. The molecule has 10 nitrogen and oxygen atoms in total. The number of carbonyl (C=O) groups excluding carboxylic acids is 1. The lowest BCUT2D eigenvalue weighted by atomic mass is 9.32. The van der Waals surface area contributed by atoms with E-state index < -0.39 is 0 Å². The summed E-state index contributed by atoms with van der Waals surface area (Å²) in [6.45, 7) is 19.9. The normalized spacial score (nSPS) is 36.3. The van der Waals surface area contributed by atoms with Crippen LogP contribution in [0.5, 0.6) is 0 Å². The Labute approximate surface area is 343 Å². The fourth-order valence-corrected chi connectivity index (χ4v) is 14.6. The molecule has 5 fully saturated rings. The molecular formula is C48H63N7O3. The number of aliphatic hydroxyl groups is 1. The van der Waals surface area contributed by atoms with Crippen molar-refractivity contribution >= 4 is 5.91 Å². The highest BCUT2D eigenvalue weighted by Gasteiger charge is 2.71. The molecule has 2 aromatic heterocycles. The number of aromatic amines is 1. The summed E-state index contributed by atoms with van der Waals surface area (Å²) in [5, 5.41) is 37.6. The van der Waals surface area contributed by atoms with E-state index in [0.717, 1.165) is 67.2 Å². The van der Waals surface area contributed by atoms with Crippen molar-refractivity contribution in [3.63, 3.8) is 0 Å². The Balaban J connectivity index is 0.879. The van der Waals surface area contributed by atoms with Crippen LogP contribution >= 0.6 is 0 Å². The van der Waals surface area contributed by atoms with Crippen LogP contribution in [0.3, 0.4) is 0 Å². The maximum atomic E-state index is 14.8. The number of nitrogens with zero attached hydrogens (tertiary/aromatic N) is 5. The molecule has 0 bridgehead atoms. The number of tetrazole rings is 1. The van der Waals surface area contributed by atoms with Gasteiger partial charge in [-0.15, -0.1) is 20.4 Å². The number of benzene rings is 2. The average Bonchev–Trinajstić information content (AvgIpc) is 3.99. The van der Waals surface area contributed by atoms with Crippen molar-refractivity contribution in [2.75, 3.05) is 6.54 Å². The minimum atomic E-state index is -0.343. The number of rotatable bonds is 9. The third kappa shape index (κ3) is 6.04. The molecule has 10 heteroatoms. The SMILES string of the molecule is C=C(C)[C@@H]1CC[C@]2(C(=O)NCCc3cccc(-c4nnc(Cc5ccc(-c6nn[nH]n6)cc5)o4)c3)CC[C@]3(C)C(CCC4[C@@]5(C)CC[C@H](O)C(C)(C)C5CC[C@]43C)C12. The summed E-state index contributed by atoms with van der Waals surface area (Å²) < 4.78 is 6.12. The second kappa shape index (κ2) is 14.2. The molecule has 5 saturated carbocycles. The van der Waals surface area contributed by atoms with Gasteiger partial charge in [0.15, 0.2) is 0 Å². The first kappa shape index (κ1) is 39.3. The number of allylic oxidation sites excluding steroid dienone is 1. The van der Waals surface area contributed by atoms with Crippen molar-refractivity contribution in [1.29, 1.82) is 0 Å². The number of aliphatic hydroxyl groups excluding tert-OH is 1. The van der Waals surface area contributed by atoms with Crippen LogP contribution in [0.1, 0.15) is 123 Å². The molecule has 0 radical (unpaired) electrons. The van der Waals surface area contributed by atoms with E-state index in [2.05, 4.69) is 96.4 Å². The van der Waals surface area contributed by atoms with E-state index in [0.29, 0.717) is 60.2 Å². The predicted octanol–water partition coefficient (Wildman–Crippen LogP) is 9.18. The first-order valence-corrected chi connectivity index (χ1v) is 22.1. The highest BCUT2D eigenvalue weighted by Crippen LogP contribution is 2.77. The lowest BCUT2D eigenvalue weighted by Crippen LogP contribution is -2.67. The molecule has 58 heavy (non-hydrogen) atoms. The van der Waals surface area contributed by atoms with Crippen molar-refractivity contribution < 1.29 is 14.3 Å². The zero-order valence-corrected chi connectivity index (χ0v) is 35.5. The number of hydrogen-bond acceptors (Lipinski definition) is 8. The fourth-order valence-electron chi connectivity index (χ4n) is 14.6. The van der Waals surface area contributed by atoms with Crippen LogP contribution in [0.15, 0.2) is 65.1 Å².